The molecule has 0 aromatic heterocycles. The molecule has 0 fully saturated rings. The van der Waals surface area contributed by atoms with Crippen LogP contribution in [0.2, 0.25) is 0 Å². The third kappa shape index (κ3) is 4.09. The fourth-order valence-corrected chi connectivity index (χ4v) is 1.48. The van der Waals surface area contributed by atoms with Gasteiger partial charge in [-0.25, -0.2) is 4.79 Å². The average Bonchev–Trinajstić information content (AvgIpc) is 2.63. The Kier molecular flexibility index (Phi) is 5.16. The molecule has 0 aromatic rings. The van der Waals surface area contributed by atoms with Gasteiger partial charge in [0, 0.05) is 0 Å². The van der Waals surface area contributed by atoms with E-state index < -0.39 is 30.4 Å². The van der Waals surface area contributed by atoms with Crippen LogP contribution in [0.4, 0.5) is 0 Å². The Hall–Kier alpha value is -1.31. The maximum atomic E-state index is 11.6. The molecule has 0 spiro atoms. The molecule has 0 saturated carbocycles. The molecule has 3 N–H and O–H groups in total. The Bertz CT molecular complexity index is 356. The number of rotatable bonds is 7. The summed E-state index contributed by atoms with van der Waals surface area (Å²) >= 11 is 0. The Morgan fingerprint density at radius 1 is 1.42 bits per heavy atom. The predicted molar refractivity (Wildman–Crippen MR) is 63.9 cm³/mol. The van der Waals surface area contributed by atoms with E-state index in [4.69, 9.17) is 19.3 Å². The van der Waals surface area contributed by atoms with Crippen molar-refractivity contribution in [1.82, 2.24) is 0 Å². The van der Waals surface area contributed by atoms with Crippen molar-refractivity contribution >= 4 is 5.97 Å². The third-order valence-electron chi connectivity index (χ3n) is 2.31. The summed E-state index contributed by atoms with van der Waals surface area (Å²) in [5, 5.41) is 28.2. The van der Waals surface area contributed by atoms with Crippen LogP contribution >= 0.6 is 0 Å². The number of esters is 1. The van der Waals surface area contributed by atoms with Gasteiger partial charge in [-0.3, -0.25) is 0 Å². The van der Waals surface area contributed by atoms with Gasteiger partial charge in [0.1, 0.15) is 12.7 Å². The second-order valence-electron chi connectivity index (χ2n) is 4.80. The molecular formula is C12H20O7. The Balaban J connectivity index is 2.93. The van der Waals surface area contributed by atoms with Gasteiger partial charge in [0.05, 0.1) is 18.8 Å². The van der Waals surface area contributed by atoms with Crippen molar-refractivity contribution in [2.45, 2.75) is 38.6 Å². The normalized spacial score (nSPS) is 21.4. The molecular weight excluding hydrogens is 256 g/mol. The van der Waals surface area contributed by atoms with Gasteiger partial charge in [0.15, 0.2) is 11.9 Å². The van der Waals surface area contributed by atoms with Gasteiger partial charge in [0.2, 0.25) is 5.76 Å². The number of hydrogen-bond acceptors (Lipinski definition) is 7. The minimum Gasteiger partial charge on any atom is -0.487 e. The standard InChI is InChI=1S/C12H20O7/c1-4-17-10-9(18-6-12(2,3)16)8(7(14)5-13)19-11(10)15/h7-8,13-14,16H,4-6H2,1-3H3/t7-,8+/m0/s1. The van der Waals surface area contributed by atoms with E-state index in [-0.39, 0.29) is 24.7 Å². The van der Waals surface area contributed by atoms with Crippen molar-refractivity contribution in [2.24, 2.45) is 0 Å². The number of carbonyl (C=O) groups is 1. The number of carbonyl (C=O) groups excluding carboxylic acids is 1. The summed E-state index contributed by atoms with van der Waals surface area (Å²) in [6.07, 6.45) is -2.43. The lowest BCUT2D eigenvalue weighted by molar-refractivity contribution is -0.149. The van der Waals surface area contributed by atoms with Gasteiger partial charge in [0.25, 0.3) is 0 Å². The Morgan fingerprint density at radius 2 is 2.05 bits per heavy atom. The van der Waals surface area contributed by atoms with Crippen molar-refractivity contribution in [2.75, 3.05) is 19.8 Å². The molecule has 2 atom stereocenters. The molecule has 0 bridgehead atoms. The van der Waals surface area contributed by atoms with Gasteiger partial charge in [-0.15, -0.1) is 0 Å². The minimum atomic E-state index is -1.31. The number of aliphatic hydroxyl groups excluding tert-OH is 2. The van der Waals surface area contributed by atoms with Crippen molar-refractivity contribution in [3.8, 4) is 0 Å². The minimum absolute atomic E-state index is 0.00414. The van der Waals surface area contributed by atoms with Crippen molar-refractivity contribution in [3.05, 3.63) is 11.5 Å². The van der Waals surface area contributed by atoms with Crippen LogP contribution in [0.25, 0.3) is 0 Å². The van der Waals surface area contributed by atoms with Gasteiger partial charge in [-0.1, -0.05) is 0 Å². The Morgan fingerprint density at radius 3 is 2.53 bits per heavy atom. The van der Waals surface area contributed by atoms with Gasteiger partial charge >= 0.3 is 5.97 Å². The maximum Gasteiger partial charge on any atom is 0.378 e. The quantitative estimate of drug-likeness (QED) is 0.528. The van der Waals surface area contributed by atoms with E-state index in [1.807, 2.05) is 0 Å². The van der Waals surface area contributed by atoms with Crippen LogP contribution in [0.1, 0.15) is 20.8 Å². The first-order valence-corrected chi connectivity index (χ1v) is 6.02. The molecule has 0 radical (unpaired) electrons. The lowest BCUT2D eigenvalue weighted by Gasteiger charge is -2.22. The predicted octanol–water partition coefficient (Wildman–Crippen LogP) is -0.699. The van der Waals surface area contributed by atoms with Crippen molar-refractivity contribution < 1.29 is 34.3 Å². The zero-order valence-electron chi connectivity index (χ0n) is 11.3. The molecule has 1 heterocycles. The SMILES string of the molecule is CCOC1=C(OCC(C)(C)O)[C@@H]([C@@H](O)CO)OC1=O. The molecule has 0 aromatic carbocycles. The van der Waals surface area contributed by atoms with Crippen LogP contribution in [0, 0.1) is 0 Å². The molecule has 1 aliphatic heterocycles. The van der Waals surface area contributed by atoms with E-state index in [0.29, 0.717) is 0 Å². The van der Waals surface area contributed by atoms with E-state index >= 15 is 0 Å². The van der Waals surface area contributed by atoms with E-state index in [1.54, 1.807) is 6.92 Å². The summed E-state index contributed by atoms with van der Waals surface area (Å²) in [6, 6.07) is 0. The molecule has 0 amide bonds. The molecule has 0 saturated heterocycles. The number of ether oxygens (including phenoxy) is 3. The summed E-state index contributed by atoms with van der Waals surface area (Å²) in [6.45, 7) is 4.27. The topological polar surface area (TPSA) is 105 Å². The molecule has 7 heteroatoms. The average molecular weight is 276 g/mol. The highest BCUT2D eigenvalue weighted by atomic mass is 16.6. The van der Waals surface area contributed by atoms with Crippen LogP contribution in [0.3, 0.4) is 0 Å². The highest BCUT2D eigenvalue weighted by Gasteiger charge is 2.42. The smallest absolute Gasteiger partial charge is 0.378 e. The molecule has 0 aliphatic carbocycles. The summed E-state index contributed by atoms with van der Waals surface area (Å²) in [7, 11) is 0. The number of hydrogen-bond donors (Lipinski definition) is 3. The summed E-state index contributed by atoms with van der Waals surface area (Å²) in [4.78, 5) is 11.6. The number of aliphatic hydroxyl groups is 3. The first kappa shape index (κ1) is 15.7. The molecule has 7 nitrogen and oxygen atoms in total. The van der Waals surface area contributed by atoms with Crippen LogP contribution in [0.5, 0.6) is 0 Å². The summed E-state index contributed by atoms with van der Waals surface area (Å²) < 4.78 is 15.4. The van der Waals surface area contributed by atoms with Crippen molar-refractivity contribution in [1.29, 1.82) is 0 Å². The highest BCUT2D eigenvalue weighted by Crippen LogP contribution is 2.28. The molecule has 110 valence electrons. The molecule has 0 unspecified atom stereocenters. The van der Waals surface area contributed by atoms with Gasteiger partial charge in [-0.2, -0.15) is 0 Å². The molecule has 1 rings (SSSR count). The van der Waals surface area contributed by atoms with Crippen LogP contribution in [-0.2, 0) is 19.0 Å². The number of cyclic esters (lactones) is 1. The first-order valence-electron chi connectivity index (χ1n) is 6.02. The lowest BCUT2D eigenvalue weighted by atomic mass is 10.1. The van der Waals surface area contributed by atoms with E-state index in [9.17, 15) is 15.0 Å². The van der Waals surface area contributed by atoms with Crippen molar-refractivity contribution in [3.63, 3.8) is 0 Å². The first-order chi connectivity index (χ1) is 8.80. The zero-order valence-corrected chi connectivity index (χ0v) is 11.3. The van der Waals surface area contributed by atoms with E-state index in [2.05, 4.69) is 0 Å². The van der Waals surface area contributed by atoms with E-state index in [1.165, 1.54) is 13.8 Å². The van der Waals surface area contributed by atoms with Crippen LogP contribution < -0.4 is 0 Å². The van der Waals surface area contributed by atoms with Gasteiger partial charge < -0.3 is 29.5 Å². The lowest BCUT2D eigenvalue weighted by Crippen LogP contribution is -2.34. The largest absolute Gasteiger partial charge is 0.487 e. The van der Waals surface area contributed by atoms with Crippen LogP contribution in [0.15, 0.2) is 11.5 Å². The third-order valence-corrected chi connectivity index (χ3v) is 2.31. The monoisotopic (exact) mass is 276 g/mol. The summed E-state index contributed by atoms with van der Waals surface area (Å²) in [5.74, 6) is -0.898. The second kappa shape index (κ2) is 6.23. The fraction of sp³-hybridized carbons (Fsp3) is 0.750. The van der Waals surface area contributed by atoms with E-state index in [0.717, 1.165) is 0 Å². The highest BCUT2D eigenvalue weighted by molar-refractivity contribution is 5.89. The fourth-order valence-electron chi connectivity index (χ4n) is 1.48. The van der Waals surface area contributed by atoms with Gasteiger partial charge in [-0.05, 0) is 20.8 Å². The molecule has 19 heavy (non-hydrogen) atoms. The zero-order chi connectivity index (χ0) is 14.6. The second-order valence-corrected chi connectivity index (χ2v) is 4.80. The Labute approximate surface area is 111 Å². The van der Waals surface area contributed by atoms with Crippen LogP contribution in [-0.4, -0.2) is 58.9 Å². The molecule has 1 aliphatic rings. The maximum absolute atomic E-state index is 11.6. The summed E-state index contributed by atoms with van der Waals surface area (Å²) in [5.41, 5.74) is -1.12.